The molecule has 2 aromatic rings. The molecule has 2 rings (SSSR count). The Morgan fingerprint density at radius 3 is 2.78 bits per heavy atom. The average molecular weight is 330 g/mol. The molecule has 1 aromatic heterocycles. The lowest BCUT2D eigenvalue weighted by Gasteiger charge is -2.13. The van der Waals surface area contributed by atoms with E-state index in [-0.39, 0.29) is 11.9 Å². The Morgan fingerprint density at radius 2 is 2.17 bits per heavy atom. The van der Waals surface area contributed by atoms with Crippen LogP contribution < -0.4 is 10.5 Å². The lowest BCUT2D eigenvalue weighted by molar-refractivity contribution is 0.304. The number of ether oxygens (including phenoxy) is 1. The first kappa shape index (κ1) is 13.5. The van der Waals surface area contributed by atoms with Gasteiger partial charge in [0.05, 0.1) is 3.79 Å². The van der Waals surface area contributed by atoms with Crippen molar-refractivity contribution in [1.29, 1.82) is 0 Å². The Bertz CT molecular complexity index is 542. The average Bonchev–Trinajstić information content (AvgIpc) is 2.73. The molecule has 0 amide bonds. The topological polar surface area (TPSA) is 35.2 Å². The number of benzene rings is 1. The third-order valence-corrected chi connectivity index (χ3v) is 4.06. The molecule has 0 saturated heterocycles. The van der Waals surface area contributed by atoms with Crippen LogP contribution in [0.3, 0.4) is 0 Å². The summed E-state index contributed by atoms with van der Waals surface area (Å²) in [7, 11) is 0. The van der Waals surface area contributed by atoms with Crippen molar-refractivity contribution >= 4 is 27.3 Å². The van der Waals surface area contributed by atoms with E-state index in [1.807, 2.05) is 19.1 Å². The molecule has 18 heavy (non-hydrogen) atoms. The predicted molar refractivity (Wildman–Crippen MR) is 75.4 cm³/mol. The summed E-state index contributed by atoms with van der Waals surface area (Å²) in [6.45, 7) is 2.27. The molecule has 96 valence electrons. The van der Waals surface area contributed by atoms with E-state index in [0.29, 0.717) is 17.9 Å². The van der Waals surface area contributed by atoms with Crippen LogP contribution in [0.5, 0.6) is 5.75 Å². The highest BCUT2D eigenvalue weighted by Crippen LogP contribution is 2.27. The van der Waals surface area contributed by atoms with Crippen molar-refractivity contribution < 1.29 is 9.13 Å². The van der Waals surface area contributed by atoms with Gasteiger partial charge in [0.1, 0.15) is 18.2 Å². The number of nitrogens with two attached hydrogens (primary N) is 1. The zero-order chi connectivity index (χ0) is 13.1. The summed E-state index contributed by atoms with van der Waals surface area (Å²) < 4.78 is 19.9. The van der Waals surface area contributed by atoms with Crippen LogP contribution in [0.25, 0.3) is 0 Å². The van der Waals surface area contributed by atoms with Crippen LogP contribution in [0.4, 0.5) is 4.39 Å². The maximum Gasteiger partial charge on any atom is 0.124 e. The lowest BCUT2D eigenvalue weighted by Crippen LogP contribution is -2.08. The van der Waals surface area contributed by atoms with E-state index in [4.69, 9.17) is 10.5 Å². The summed E-state index contributed by atoms with van der Waals surface area (Å²) in [5.41, 5.74) is 6.49. The smallest absolute Gasteiger partial charge is 0.124 e. The van der Waals surface area contributed by atoms with Crippen LogP contribution in [0.2, 0.25) is 0 Å². The van der Waals surface area contributed by atoms with Crippen LogP contribution in [-0.4, -0.2) is 0 Å². The van der Waals surface area contributed by atoms with Gasteiger partial charge in [-0.2, -0.15) is 0 Å². The van der Waals surface area contributed by atoms with Gasteiger partial charge >= 0.3 is 0 Å². The van der Waals surface area contributed by atoms with Crippen molar-refractivity contribution in [2.24, 2.45) is 5.73 Å². The Labute approximate surface area is 118 Å². The third kappa shape index (κ3) is 3.31. The molecule has 0 aliphatic rings. The molecule has 1 aromatic carbocycles. The Kier molecular flexibility index (Phi) is 4.37. The monoisotopic (exact) mass is 329 g/mol. The predicted octanol–water partition coefficient (Wildman–Crippen LogP) is 4.25. The molecular formula is C13H13BrFNOS. The van der Waals surface area contributed by atoms with Gasteiger partial charge in [-0.3, -0.25) is 0 Å². The molecule has 0 radical (unpaired) electrons. The fraction of sp³-hybridized carbons (Fsp3) is 0.231. The standard InChI is InChI=1S/C13H13BrFNOS/c1-8(16)11-6-9(15)2-4-12(11)17-7-10-3-5-13(14)18-10/h2-6,8H,7,16H2,1H3. The van der Waals surface area contributed by atoms with E-state index in [9.17, 15) is 4.39 Å². The third-order valence-electron chi connectivity index (χ3n) is 2.46. The molecule has 0 fully saturated rings. The van der Waals surface area contributed by atoms with Gasteiger partial charge in [0.25, 0.3) is 0 Å². The van der Waals surface area contributed by atoms with Gasteiger partial charge in [-0.15, -0.1) is 11.3 Å². The fourth-order valence-electron chi connectivity index (χ4n) is 1.58. The van der Waals surface area contributed by atoms with E-state index in [0.717, 1.165) is 8.66 Å². The van der Waals surface area contributed by atoms with Crippen molar-refractivity contribution in [2.45, 2.75) is 19.6 Å². The van der Waals surface area contributed by atoms with Crippen molar-refractivity contribution in [2.75, 3.05) is 0 Å². The quantitative estimate of drug-likeness (QED) is 0.910. The Balaban J connectivity index is 2.13. The van der Waals surface area contributed by atoms with Gasteiger partial charge in [-0.05, 0) is 53.2 Å². The van der Waals surface area contributed by atoms with Gasteiger partial charge in [0, 0.05) is 16.5 Å². The van der Waals surface area contributed by atoms with Crippen molar-refractivity contribution in [3.63, 3.8) is 0 Å². The molecule has 0 saturated carbocycles. The summed E-state index contributed by atoms with van der Waals surface area (Å²) >= 11 is 5.01. The normalized spacial score (nSPS) is 12.4. The molecule has 2 nitrogen and oxygen atoms in total. The first-order valence-corrected chi connectivity index (χ1v) is 7.09. The summed E-state index contributed by atoms with van der Waals surface area (Å²) in [6, 6.07) is 8.13. The summed E-state index contributed by atoms with van der Waals surface area (Å²) in [4.78, 5) is 1.10. The molecule has 1 atom stereocenters. The van der Waals surface area contributed by atoms with Gasteiger partial charge in [0.2, 0.25) is 0 Å². The van der Waals surface area contributed by atoms with E-state index >= 15 is 0 Å². The first-order valence-electron chi connectivity index (χ1n) is 5.48. The highest BCUT2D eigenvalue weighted by molar-refractivity contribution is 9.11. The fourth-order valence-corrected chi connectivity index (χ4v) is 2.98. The highest BCUT2D eigenvalue weighted by Gasteiger charge is 2.10. The SMILES string of the molecule is CC(N)c1cc(F)ccc1OCc1ccc(Br)s1. The van der Waals surface area contributed by atoms with Crippen LogP contribution in [0.15, 0.2) is 34.1 Å². The van der Waals surface area contributed by atoms with Crippen LogP contribution in [0.1, 0.15) is 23.4 Å². The van der Waals surface area contributed by atoms with Crippen LogP contribution in [0, 0.1) is 5.82 Å². The maximum absolute atomic E-state index is 13.2. The van der Waals surface area contributed by atoms with Crippen LogP contribution >= 0.6 is 27.3 Å². The van der Waals surface area contributed by atoms with Crippen molar-refractivity contribution in [1.82, 2.24) is 0 Å². The number of halogens is 2. The summed E-state index contributed by atoms with van der Waals surface area (Å²) in [6.07, 6.45) is 0. The Morgan fingerprint density at radius 1 is 1.39 bits per heavy atom. The number of thiophene rings is 1. The van der Waals surface area contributed by atoms with E-state index in [2.05, 4.69) is 15.9 Å². The minimum Gasteiger partial charge on any atom is -0.488 e. The van der Waals surface area contributed by atoms with Gasteiger partial charge in [-0.25, -0.2) is 4.39 Å². The lowest BCUT2D eigenvalue weighted by atomic mass is 10.1. The van der Waals surface area contributed by atoms with E-state index in [1.54, 1.807) is 17.4 Å². The molecule has 0 aliphatic carbocycles. The number of hydrogen-bond donors (Lipinski definition) is 1. The second kappa shape index (κ2) is 5.82. The second-order valence-corrected chi connectivity index (χ2v) is 6.51. The molecule has 5 heteroatoms. The Hall–Kier alpha value is -0.910. The van der Waals surface area contributed by atoms with Crippen LogP contribution in [-0.2, 0) is 6.61 Å². The van der Waals surface area contributed by atoms with E-state index < -0.39 is 0 Å². The largest absolute Gasteiger partial charge is 0.488 e. The highest BCUT2D eigenvalue weighted by atomic mass is 79.9. The molecule has 1 unspecified atom stereocenters. The minimum absolute atomic E-state index is 0.259. The van der Waals surface area contributed by atoms with E-state index in [1.165, 1.54) is 12.1 Å². The summed E-state index contributed by atoms with van der Waals surface area (Å²) in [5.74, 6) is 0.337. The molecule has 0 bridgehead atoms. The molecule has 0 spiro atoms. The van der Waals surface area contributed by atoms with Gasteiger partial charge < -0.3 is 10.5 Å². The zero-order valence-electron chi connectivity index (χ0n) is 9.82. The second-order valence-electron chi connectivity index (χ2n) is 3.97. The molecule has 2 N–H and O–H groups in total. The minimum atomic E-state index is -0.298. The first-order chi connectivity index (χ1) is 8.56. The summed E-state index contributed by atoms with van der Waals surface area (Å²) in [5, 5.41) is 0. The molecule has 1 heterocycles. The zero-order valence-corrected chi connectivity index (χ0v) is 12.2. The number of hydrogen-bond acceptors (Lipinski definition) is 3. The number of rotatable bonds is 4. The molecule has 0 aliphatic heterocycles. The maximum atomic E-state index is 13.2. The van der Waals surface area contributed by atoms with Gasteiger partial charge in [-0.1, -0.05) is 0 Å². The van der Waals surface area contributed by atoms with Crippen molar-refractivity contribution in [3.8, 4) is 5.75 Å². The van der Waals surface area contributed by atoms with Gasteiger partial charge in [0.15, 0.2) is 0 Å². The van der Waals surface area contributed by atoms with Crippen molar-refractivity contribution in [3.05, 3.63) is 50.4 Å². The molecular weight excluding hydrogens is 317 g/mol.